The molecule has 0 amide bonds. The van der Waals surface area contributed by atoms with E-state index in [9.17, 15) is 0 Å². The molecule has 1 aliphatic heterocycles. The lowest BCUT2D eigenvalue weighted by Crippen LogP contribution is -2.23. The second-order valence-corrected chi connectivity index (χ2v) is 3.03. The van der Waals surface area contributed by atoms with E-state index in [1.807, 2.05) is 13.1 Å². The SMILES string of the molecule is CC1=NC=C(I)CN1. The predicted octanol–water partition coefficient (Wildman–Crippen LogP) is 1.28. The molecule has 0 radical (unpaired) electrons. The predicted molar refractivity (Wildman–Crippen MR) is 43.2 cm³/mol. The largest absolute Gasteiger partial charge is 0.369 e. The van der Waals surface area contributed by atoms with Crippen LogP contribution in [0.15, 0.2) is 14.8 Å². The zero-order valence-electron chi connectivity index (χ0n) is 4.61. The van der Waals surface area contributed by atoms with Crippen molar-refractivity contribution in [2.75, 3.05) is 6.54 Å². The van der Waals surface area contributed by atoms with Crippen LogP contribution in [0.3, 0.4) is 0 Å². The highest BCUT2D eigenvalue weighted by Crippen LogP contribution is 2.06. The monoisotopic (exact) mass is 222 g/mol. The van der Waals surface area contributed by atoms with Crippen molar-refractivity contribution in [1.29, 1.82) is 0 Å². The molecular formula is C5H7IN2. The Morgan fingerprint density at radius 1 is 1.88 bits per heavy atom. The van der Waals surface area contributed by atoms with Crippen LogP contribution in [0.25, 0.3) is 0 Å². The van der Waals surface area contributed by atoms with Crippen molar-refractivity contribution in [3.8, 4) is 0 Å². The summed E-state index contributed by atoms with van der Waals surface area (Å²) in [6.45, 7) is 2.90. The molecule has 44 valence electrons. The van der Waals surface area contributed by atoms with Crippen LogP contribution in [0.2, 0.25) is 0 Å². The van der Waals surface area contributed by atoms with Crippen molar-refractivity contribution in [1.82, 2.24) is 5.32 Å². The fraction of sp³-hybridized carbons (Fsp3) is 0.400. The molecule has 0 saturated heterocycles. The van der Waals surface area contributed by atoms with Gasteiger partial charge in [-0.3, -0.25) is 0 Å². The Bertz CT molecular complexity index is 131. The smallest absolute Gasteiger partial charge is 0.0986 e. The molecule has 0 fully saturated rings. The van der Waals surface area contributed by atoms with Gasteiger partial charge in [0.2, 0.25) is 0 Å². The fourth-order valence-corrected chi connectivity index (χ4v) is 0.800. The van der Waals surface area contributed by atoms with Crippen molar-refractivity contribution in [3.63, 3.8) is 0 Å². The van der Waals surface area contributed by atoms with Gasteiger partial charge in [0.05, 0.1) is 5.84 Å². The summed E-state index contributed by atoms with van der Waals surface area (Å²) in [5, 5.41) is 3.11. The van der Waals surface area contributed by atoms with Crippen molar-refractivity contribution >= 4 is 28.4 Å². The zero-order valence-corrected chi connectivity index (χ0v) is 6.77. The average molecular weight is 222 g/mol. The molecular weight excluding hydrogens is 215 g/mol. The van der Waals surface area contributed by atoms with Gasteiger partial charge in [-0.1, -0.05) is 0 Å². The molecule has 0 aromatic heterocycles. The second-order valence-electron chi connectivity index (χ2n) is 1.64. The Kier molecular flexibility index (Phi) is 1.88. The number of halogens is 1. The molecule has 1 N–H and O–H groups in total. The lowest BCUT2D eigenvalue weighted by Gasteiger charge is -2.07. The molecule has 0 aromatic rings. The fourth-order valence-electron chi connectivity index (χ4n) is 0.471. The molecule has 2 nitrogen and oxygen atoms in total. The third kappa shape index (κ3) is 1.47. The number of aliphatic imine (C=N–C) groups is 1. The standard InChI is InChI=1S/C5H7IN2/c1-4-7-2-5(6)3-8-4/h2H,3H2,1H3,(H,7,8). The molecule has 1 aliphatic rings. The van der Waals surface area contributed by atoms with Crippen LogP contribution >= 0.6 is 22.6 Å². The zero-order chi connectivity index (χ0) is 5.98. The number of hydrogen-bond donors (Lipinski definition) is 1. The van der Waals surface area contributed by atoms with Gasteiger partial charge in [0, 0.05) is 16.3 Å². The van der Waals surface area contributed by atoms with Gasteiger partial charge in [-0.05, 0) is 29.5 Å². The number of nitrogens with one attached hydrogen (secondary N) is 1. The first-order valence-corrected chi connectivity index (χ1v) is 3.50. The van der Waals surface area contributed by atoms with Gasteiger partial charge in [-0.25, -0.2) is 4.99 Å². The van der Waals surface area contributed by atoms with E-state index in [0.29, 0.717) is 0 Å². The van der Waals surface area contributed by atoms with Crippen LogP contribution in [0.4, 0.5) is 0 Å². The van der Waals surface area contributed by atoms with Gasteiger partial charge in [-0.15, -0.1) is 0 Å². The van der Waals surface area contributed by atoms with Gasteiger partial charge in [-0.2, -0.15) is 0 Å². The van der Waals surface area contributed by atoms with Crippen LogP contribution in [0.1, 0.15) is 6.92 Å². The maximum absolute atomic E-state index is 4.05. The van der Waals surface area contributed by atoms with Crippen LogP contribution in [0, 0.1) is 0 Å². The third-order valence-electron chi connectivity index (χ3n) is 0.911. The van der Waals surface area contributed by atoms with Crippen molar-refractivity contribution in [2.45, 2.75) is 6.92 Å². The highest BCUT2D eigenvalue weighted by molar-refractivity contribution is 14.1. The molecule has 0 unspecified atom stereocenters. The third-order valence-corrected chi connectivity index (χ3v) is 1.57. The van der Waals surface area contributed by atoms with Crippen molar-refractivity contribution in [3.05, 3.63) is 9.78 Å². The van der Waals surface area contributed by atoms with Crippen molar-refractivity contribution in [2.24, 2.45) is 4.99 Å². The summed E-state index contributed by atoms with van der Waals surface area (Å²) in [6.07, 6.45) is 1.88. The minimum atomic E-state index is 0.940. The van der Waals surface area contributed by atoms with Crippen molar-refractivity contribution < 1.29 is 0 Å². The van der Waals surface area contributed by atoms with E-state index >= 15 is 0 Å². The molecule has 3 heteroatoms. The Morgan fingerprint density at radius 2 is 2.62 bits per heavy atom. The first kappa shape index (κ1) is 6.07. The Labute approximate surface area is 62.2 Å². The quantitative estimate of drug-likeness (QED) is 0.613. The summed E-state index contributed by atoms with van der Waals surface area (Å²) in [7, 11) is 0. The van der Waals surface area contributed by atoms with E-state index in [1.165, 1.54) is 3.58 Å². The van der Waals surface area contributed by atoms with Crippen LogP contribution in [0.5, 0.6) is 0 Å². The molecule has 1 rings (SSSR count). The highest BCUT2D eigenvalue weighted by Gasteiger charge is 1.96. The Hall–Kier alpha value is -0.0600. The van der Waals surface area contributed by atoms with E-state index < -0.39 is 0 Å². The van der Waals surface area contributed by atoms with E-state index in [4.69, 9.17) is 0 Å². The van der Waals surface area contributed by atoms with Gasteiger partial charge >= 0.3 is 0 Å². The van der Waals surface area contributed by atoms with E-state index in [1.54, 1.807) is 0 Å². The summed E-state index contributed by atoms with van der Waals surface area (Å²) in [5.41, 5.74) is 0. The molecule has 0 spiro atoms. The van der Waals surface area contributed by atoms with E-state index in [2.05, 4.69) is 32.9 Å². The second kappa shape index (κ2) is 2.48. The molecule has 0 aliphatic carbocycles. The molecule has 0 saturated carbocycles. The molecule has 1 heterocycles. The van der Waals surface area contributed by atoms with Crippen LogP contribution < -0.4 is 5.32 Å². The normalized spacial score (nSPS) is 18.8. The summed E-state index contributed by atoms with van der Waals surface area (Å²) < 4.78 is 1.26. The minimum Gasteiger partial charge on any atom is -0.369 e. The van der Waals surface area contributed by atoms with Gasteiger partial charge < -0.3 is 5.32 Å². The molecule has 0 bridgehead atoms. The lowest BCUT2D eigenvalue weighted by molar-refractivity contribution is 0.998. The molecule has 0 aromatic carbocycles. The highest BCUT2D eigenvalue weighted by atomic mass is 127. The summed E-state index contributed by atoms with van der Waals surface area (Å²) >= 11 is 2.26. The maximum atomic E-state index is 4.05. The summed E-state index contributed by atoms with van der Waals surface area (Å²) in [4.78, 5) is 4.05. The topological polar surface area (TPSA) is 24.4 Å². The first-order valence-electron chi connectivity index (χ1n) is 2.42. The lowest BCUT2D eigenvalue weighted by atomic mass is 10.5. The number of hydrogen-bond acceptors (Lipinski definition) is 2. The van der Waals surface area contributed by atoms with Crippen LogP contribution in [-0.4, -0.2) is 12.4 Å². The molecule has 0 atom stereocenters. The van der Waals surface area contributed by atoms with Gasteiger partial charge in [0.15, 0.2) is 0 Å². The minimum absolute atomic E-state index is 0.940. The number of rotatable bonds is 0. The first-order chi connectivity index (χ1) is 3.79. The van der Waals surface area contributed by atoms with E-state index in [0.717, 1.165) is 12.4 Å². The summed E-state index contributed by atoms with van der Waals surface area (Å²) in [5.74, 6) is 1.01. The maximum Gasteiger partial charge on any atom is 0.0986 e. The summed E-state index contributed by atoms with van der Waals surface area (Å²) in [6, 6.07) is 0. The average Bonchev–Trinajstić information content (AvgIpc) is 1.77. The van der Waals surface area contributed by atoms with Crippen LogP contribution in [-0.2, 0) is 0 Å². The number of amidine groups is 1. The van der Waals surface area contributed by atoms with Gasteiger partial charge in [0.1, 0.15) is 0 Å². The number of nitrogens with zero attached hydrogens (tertiary/aromatic N) is 1. The molecule has 8 heavy (non-hydrogen) atoms. The van der Waals surface area contributed by atoms with Gasteiger partial charge in [0.25, 0.3) is 0 Å². The van der Waals surface area contributed by atoms with E-state index in [-0.39, 0.29) is 0 Å². The Morgan fingerprint density at radius 3 is 3.00 bits per heavy atom. The Balaban J connectivity index is 2.65.